The van der Waals surface area contributed by atoms with Gasteiger partial charge in [-0.25, -0.2) is 9.97 Å². The van der Waals surface area contributed by atoms with Crippen LogP contribution in [0.2, 0.25) is 0 Å². The molecule has 0 N–H and O–H groups in total. The van der Waals surface area contributed by atoms with E-state index in [2.05, 4.69) is 9.97 Å². The third-order valence-corrected chi connectivity index (χ3v) is 10.3. The third kappa shape index (κ3) is 6.75. The van der Waals surface area contributed by atoms with Crippen LogP contribution in [0.5, 0.6) is 0 Å². The zero-order chi connectivity index (χ0) is 18.8. The van der Waals surface area contributed by atoms with Crippen LogP contribution in [-0.2, 0) is 27.2 Å². The first kappa shape index (κ1) is 22.8. The highest BCUT2D eigenvalue weighted by molar-refractivity contribution is 8.00. The Morgan fingerprint density at radius 2 is 1.28 bits per heavy atom. The highest BCUT2D eigenvalue weighted by atomic mass is 32.2. The average molecular weight is 412 g/mol. The van der Waals surface area contributed by atoms with Crippen LogP contribution < -0.4 is 0 Å². The molecular formula is C14H26N2O6P2S. The Hall–Kier alpha value is -0.270. The molecule has 1 heterocycles. The Bertz CT molecular complexity index is 542. The Labute approximate surface area is 153 Å². The zero-order valence-electron chi connectivity index (χ0n) is 15.0. The van der Waals surface area contributed by atoms with Gasteiger partial charge >= 0.3 is 15.2 Å². The maximum absolute atomic E-state index is 13.3. The summed E-state index contributed by atoms with van der Waals surface area (Å²) < 4.78 is 48.2. The molecular weight excluding hydrogens is 386 g/mol. The molecule has 0 aliphatic rings. The smallest absolute Gasteiger partial charge is 0.308 e. The molecule has 8 nitrogen and oxygen atoms in total. The van der Waals surface area contributed by atoms with Crippen molar-refractivity contribution in [3.63, 3.8) is 0 Å². The van der Waals surface area contributed by atoms with E-state index in [0.29, 0.717) is 5.16 Å². The summed E-state index contributed by atoms with van der Waals surface area (Å²) in [5.41, 5.74) is 0. The minimum Gasteiger partial charge on any atom is -0.308 e. The molecule has 0 fully saturated rings. The van der Waals surface area contributed by atoms with E-state index in [4.69, 9.17) is 18.1 Å². The van der Waals surface area contributed by atoms with E-state index in [1.807, 2.05) is 0 Å². The Morgan fingerprint density at radius 3 is 1.64 bits per heavy atom. The lowest BCUT2D eigenvalue weighted by atomic mass is 10.7. The van der Waals surface area contributed by atoms with Crippen LogP contribution in [0.3, 0.4) is 0 Å². The molecule has 144 valence electrons. The summed E-state index contributed by atoms with van der Waals surface area (Å²) in [6.07, 6.45) is 3.19. The van der Waals surface area contributed by atoms with Gasteiger partial charge in [-0.2, -0.15) is 0 Å². The Balaban J connectivity index is 3.18. The number of nitrogens with zero attached hydrogens (tertiary/aromatic N) is 2. The predicted molar refractivity (Wildman–Crippen MR) is 98.3 cm³/mol. The van der Waals surface area contributed by atoms with E-state index >= 15 is 0 Å². The van der Waals surface area contributed by atoms with Gasteiger partial charge in [-0.3, -0.25) is 9.13 Å². The molecule has 0 atom stereocenters. The van der Waals surface area contributed by atoms with E-state index in [-0.39, 0.29) is 32.2 Å². The molecule has 0 aromatic carbocycles. The van der Waals surface area contributed by atoms with Crippen molar-refractivity contribution in [2.24, 2.45) is 0 Å². The van der Waals surface area contributed by atoms with Crippen molar-refractivity contribution in [3.8, 4) is 0 Å². The molecule has 0 saturated carbocycles. The second kappa shape index (κ2) is 11.4. The molecule has 0 aliphatic carbocycles. The SMILES string of the molecule is CCOP(=O)(OCC)C(CSc1ncccn1)P(=O)(OCC)OCC. The second-order valence-corrected chi connectivity index (χ2v) is 10.4. The number of hydrogen-bond acceptors (Lipinski definition) is 9. The molecule has 0 radical (unpaired) electrons. The minimum absolute atomic E-state index is 0.110. The van der Waals surface area contributed by atoms with Gasteiger partial charge in [0.15, 0.2) is 10.6 Å². The molecule has 0 unspecified atom stereocenters. The van der Waals surface area contributed by atoms with Crippen molar-refractivity contribution >= 4 is 27.0 Å². The molecule has 25 heavy (non-hydrogen) atoms. The quantitative estimate of drug-likeness (QED) is 0.265. The fraction of sp³-hybridized carbons (Fsp3) is 0.714. The van der Waals surface area contributed by atoms with Gasteiger partial charge in [0.25, 0.3) is 0 Å². The fourth-order valence-corrected chi connectivity index (χ4v) is 8.94. The molecule has 0 bridgehead atoms. The average Bonchev–Trinajstić information content (AvgIpc) is 2.56. The second-order valence-electron chi connectivity index (χ2n) is 4.57. The van der Waals surface area contributed by atoms with E-state index in [9.17, 15) is 9.13 Å². The molecule has 1 rings (SSSR count). The van der Waals surface area contributed by atoms with Crippen molar-refractivity contribution in [2.45, 2.75) is 38.3 Å². The standard InChI is InChI=1S/C14H26N2O6P2S/c1-5-19-23(17,20-6-2)13(24(18,21-7-3)22-8-4)12-25-14-15-10-9-11-16-14/h9-11,13H,5-8,12H2,1-4H3. The summed E-state index contributed by atoms with van der Waals surface area (Å²) in [6.45, 7) is 7.39. The lowest BCUT2D eigenvalue weighted by Crippen LogP contribution is -2.20. The maximum Gasteiger partial charge on any atom is 0.346 e. The van der Waals surface area contributed by atoms with Crippen LogP contribution >= 0.6 is 27.0 Å². The van der Waals surface area contributed by atoms with Gasteiger partial charge in [0, 0.05) is 18.1 Å². The number of thioether (sulfide) groups is 1. The van der Waals surface area contributed by atoms with Gasteiger partial charge in [-0.15, -0.1) is 0 Å². The van der Waals surface area contributed by atoms with Crippen molar-refractivity contribution in [1.82, 2.24) is 9.97 Å². The van der Waals surface area contributed by atoms with Gasteiger partial charge in [-0.1, -0.05) is 11.8 Å². The summed E-state index contributed by atoms with van der Waals surface area (Å²) in [5, 5.41) is -0.611. The zero-order valence-corrected chi connectivity index (χ0v) is 17.6. The summed E-state index contributed by atoms with van der Waals surface area (Å²) in [5.74, 6) is 0.110. The summed E-state index contributed by atoms with van der Waals surface area (Å²) in [6, 6.07) is 1.69. The van der Waals surface area contributed by atoms with Crippen LogP contribution in [-0.4, -0.2) is 47.5 Å². The van der Waals surface area contributed by atoms with Crippen LogP contribution in [0, 0.1) is 0 Å². The number of hydrogen-bond donors (Lipinski definition) is 0. The van der Waals surface area contributed by atoms with Crippen molar-refractivity contribution in [2.75, 3.05) is 32.2 Å². The number of aromatic nitrogens is 2. The van der Waals surface area contributed by atoms with Crippen LogP contribution in [0.15, 0.2) is 23.6 Å². The first-order chi connectivity index (χ1) is 12.0. The highest BCUT2D eigenvalue weighted by Gasteiger charge is 2.50. The van der Waals surface area contributed by atoms with Crippen LogP contribution in [0.1, 0.15) is 27.7 Å². The highest BCUT2D eigenvalue weighted by Crippen LogP contribution is 2.71. The molecule has 0 amide bonds. The van der Waals surface area contributed by atoms with Gasteiger partial charge in [-0.05, 0) is 33.8 Å². The summed E-state index contributed by atoms with van der Waals surface area (Å²) in [4.78, 5) is 8.22. The Kier molecular flexibility index (Phi) is 10.4. The predicted octanol–water partition coefficient (Wildman–Crippen LogP) is 4.43. The Morgan fingerprint density at radius 1 is 0.880 bits per heavy atom. The lowest BCUT2D eigenvalue weighted by Gasteiger charge is -2.30. The van der Waals surface area contributed by atoms with E-state index in [1.54, 1.807) is 46.2 Å². The summed E-state index contributed by atoms with van der Waals surface area (Å²) in [7, 11) is -7.47. The van der Waals surface area contributed by atoms with Gasteiger partial charge in [0.05, 0.1) is 26.4 Å². The normalized spacial score (nSPS) is 12.7. The van der Waals surface area contributed by atoms with E-state index in [1.165, 1.54) is 11.8 Å². The number of rotatable bonds is 13. The van der Waals surface area contributed by atoms with Gasteiger partial charge < -0.3 is 18.1 Å². The molecule has 11 heteroatoms. The molecule has 1 aromatic rings. The van der Waals surface area contributed by atoms with E-state index < -0.39 is 20.6 Å². The van der Waals surface area contributed by atoms with Crippen LogP contribution in [0.4, 0.5) is 0 Å². The molecule has 1 aromatic heterocycles. The topological polar surface area (TPSA) is 96.8 Å². The largest absolute Gasteiger partial charge is 0.346 e. The van der Waals surface area contributed by atoms with E-state index in [0.717, 1.165) is 0 Å². The van der Waals surface area contributed by atoms with Crippen molar-refractivity contribution in [1.29, 1.82) is 0 Å². The van der Waals surface area contributed by atoms with Crippen molar-refractivity contribution < 1.29 is 27.2 Å². The molecule has 0 spiro atoms. The molecule has 0 aliphatic heterocycles. The van der Waals surface area contributed by atoms with Crippen LogP contribution in [0.25, 0.3) is 0 Å². The maximum atomic E-state index is 13.3. The molecule has 0 saturated heterocycles. The first-order valence-electron chi connectivity index (χ1n) is 8.13. The third-order valence-electron chi connectivity index (χ3n) is 2.87. The van der Waals surface area contributed by atoms with Gasteiger partial charge in [0.2, 0.25) is 0 Å². The fourth-order valence-electron chi connectivity index (χ4n) is 2.00. The lowest BCUT2D eigenvalue weighted by molar-refractivity contribution is 0.197. The monoisotopic (exact) mass is 412 g/mol. The van der Waals surface area contributed by atoms with Gasteiger partial charge in [0.1, 0.15) is 0 Å². The minimum atomic E-state index is -3.74. The first-order valence-corrected chi connectivity index (χ1v) is 12.3. The summed E-state index contributed by atoms with van der Waals surface area (Å²) >= 11 is 1.20. The van der Waals surface area contributed by atoms with Crippen molar-refractivity contribution in [3.05, 3.63) is 18.5 Å².